The van der Waals surface area contributed by atoms with Crippen molar-refractivity contribution in [1.82, 2.24) is 0 Å². The molecule has 0 rings (SSSR count). The van der Waals surface area contributed by atoms with Gasteiger partial charge in [-0.1, -0.05) is 104 Å². The van der Waals surface area contributed by atoms with E-state index in [0.29, 0.717) is 6.61 Å². The molecule has 0 fully saturated rings. The molecular weight excluding hydrogens is 284 g/mol. The van der Waals surface area contributed by atoms with E-state index in [1.807, 2.05) is 6.92 Å². The predicted octanol–water partition coefficient (Wildman–Crippen LogP) is 6.63. The zero-order valence-electron chi connectivity index (χ0n) is 16.5. The summed E-state index contributed by atoms with van der Waals surface area (Å²) in [6.07, 6.45) is 20.6. The summed E-state index contributed by atoms with van der Waals surface area (Å²) in [5.74, 6) is 0. The number of unbranched alkanes of at least 4 members (excludes halogenated alkanes) is 13. The summed E-state index contributed by atoms with van der Waals surface area (Å²) in [4.78, 5) is 0. The topological polar surface area (TPSA) is 40.5 Å². The molecule has 1 unspecified atom stereocenters. The van der Waals surface area contributed by atoms with Crippen LogP contribution in [-0.4, -0.2) is 22.9 Å². The van der Waals surface area contributed by atoms with Crippen LogP contribution in [0.25, 0.3) is 0 Å². The SMILES string of the molecule is CC(O)CCCCCCCCO.CCCCCCCCCCC. The fraction of sp³-hybridized carbons (Fsp3) is 1.00. The highest BCUT2D eigenvalue weighted by molar-refractivity contribution is 4.49. The molecule has 2 heteroatoms. The first kappa shape index (κ1) is 25.2. The van der Waals surface area contributed by atoms with Gasteiger partial charge in [-0.15, -0.1) is 0 Å². The maximum Gasteiger partial charge on any atom is 0.0512 e. The van der Waals surface area contributed by atoms with Crippen LogP contribution in [0.1, 0.15) is 124 Å². The van der Waals surface area contributed by atoms with Gasteiger partial charge < -0.3 is 10.2 Å². The summed E-state index contributed by atoms with van der Waals surface area (Å²) in [6, 6.07) is 0. The number of aliphatic hydroxyl groups is 2. The molecule has 0 saturated carbocycles. The summed E-state index contributed by atoms with van der Waals surface area (Å²) >= 11 is 0. The Kier molecular flexibility index (Phi) is 26.5. The molecule has 0 aromatic carbocycles. The van der Waals surface area contributed by atoms with Crippen molar-refractivity contribution in [1.29, 1.82) is 0 Å². The maximum absolute atomic E-state index is 8.96. The molecule has 2 N–H and O–H groups in total. The quantitative estimate of drug-likeness (QED) is 0.312. The Labute approximate surface area is 147 Å². The Morgan fingerprint density at radius 1 is 0.565 bits per heavy atom. The van der Waals surface area contributed by atoms with Crippen molar-refractivity contribution >= 4 is 0 Å². The van der Waals surface area contributed by atoms with Crippen LogP contribution in [0.3, 0.4) is 0 Å². The van der Waals surface area contributed by atoms with Gasteiger partial charge in [-0.2, -0.15) is 0 Å². The lowest BCUT2D eigenvalue weighted by Crippen LogP contribution is -1.98. The average molecular weight is 331 g/mol. The first-order valence-corrected chi connectivity index (χ1v) is 10.5. The van der Waals surface area contributed by atoms with Gasteiger partial charge >= 0.3 is 0 Å². The van der Waals surface area contributed by atoms with Crippen LogP contribution < -0.4 is 0 Å². The molecule has 0 aliphatic carbocycles. The molecule has 0 bridgehead atoms. The summed E-state index contributed by atoms with van der Waals surface area (Å²) in [5, 5.41) is 17.5. The second-order valence-corrected chi connectivity index (χ2v) is 6.96. The zero-order valence-corrected chi connectivity index (χ0v) is 16.5. The van der Waals surface area contributed by atoms with E-state index in [2.05, 4.69) is 13.8 Å². The lowest BCUT2D eigenvalue weighted by molar-refractivity contribution is 0.180. The van der Waals surface area contributed by atoms with E-state index < -0.39 is 0 Å². The second kappa shape index (κ2) is 24.2. The monoisotopic (exact) mass is 330 g/mol. The first-order valence-electron chi connectivity index (χ1n) is 10.5. The van der Waals surface area contributed by atoms with Gasteiger partial charge in [0.2, 0.25) is 0 Å². The summed E-state index contributed by atoms with van der Waals surface area (Å²) in [7, 11) is 0. The van der Waals surface area contributed by atoms with Crippen LogP contribution in [0, 0.1) is 0 Å². The van der Waals surface area contributed by atoms with Crippen LogP contribution in [-0.2, 0) is 0 Å². The molecule has 2 nitrogen and oxygen atoms in total. The molecule has 0 aromatic rings. The highest BCUT2D eigenvalue weighted by Gasteiger charge is 1.95. The van der Waals surface area contributed by atoms with E-state index in [9.17, 15) is 0 Å². The van der Waals surface area contributed by atoms with Gasteiger partial charge in [0.05, 0.1) is 6.10 Å². The fourth-order valence-electron chi connectivity index (χ4n) is 2.64. The largest absolute Gasteiger partial charge is 0.396 e. The van der Waals surface area contributed by atoms with Crippen LogP contribution in [0.5, 0.6) is 0 Å². The van der Waals surface area contributed by atoms with E-state index in [1.54, 1.807) is 0 Å². The van der Waals surface area contributed by atoms with Crippen molar-refractivity contribution in [3.63, 3.8) is 0 Å². The fourth-order valence-corrected chi connectivity index (χ4v) is 2.64. The minimum absolute atomic E-state index is 0.137. The van der Waals surface area contributed by atoms with Gasteiger partial charge in [0.15, 0.2) is 0 Å². The molecule has 0 radical (unpaired) electrons. The number of hydrogen-bond donors (Lipinski definition) is 2. The molecule has 0 heterocycles. The number of aliphatic hydroxyl groups excluding tert-OH is 2. The lowest BCUT2D eigenvalue weighted by atomic mass is 10.1. The van der Waals surface area contributed by atoms with Crippen LogP contribution in [0.2, 0.25) is 0 Å². The van der Waals surface area contributed by atoms with Gasteiger partial charge in [0.1, 0.15) is 0 Å². The molecule has 0 saturated heterocycles. The van der Waals surface area contributed by atoms with Crippen LogP contribution in [0.4, 0.5) is 0 Å². The minimum Gasteiger partial charge on any atom is -0.396 e. The molecule has 0 aliphatic rings. The Hall–Kier alpha value is -0.0800. The third-order valence-electron chi connectivity index (χ3n) is 4.24. The molecule has 0 aliphatic heterocycles. The Morgan fingerprint density at radius 3 is 1.26 bits per heavy atom. The van der Waals surface area contributed by atoms with E-state index >= 15 is 0 Å². The summed E-state index contributed by atoms with van der Waals surface area (Å²) < 4.78 is 0. The highest BCUT2D eigenvalue weighted by Crippen LogP contribution is 2.09. The van der Waals surface area contributed by atoms with Crippen molar-refractivity contribution in [3.05, 3.63) is 0 Å². The van der Waals surface area contributed by atoms with Gasteiger partial charge in [-0.05, 0) is 19.8 Å². The highest BCUT2D eigenvalue weighted by atomic mass is 16.3. The molecule has 0 spiro atoms. The third-order valence-corrected chi connectivity index (χ3v) is 4.24. The van der Waals surface area contributed by atoms with E-state index in [0.717, 1.165) is 25.7 Å². The molecular formula is C21H46O2. The van der Waals surface area contributed by atoms with Gasteiger partial charge in [-0.3, -0.25) is 0 Å². The molecule has 0 aromatic heterocycles. The summed E-state index contributed by atoms with van der Waals surface area (Å²) in [6.45, 7) is 6.72. The number of rotatable bonds is 16. The van der Waals surface area contributed by atoms with Crippen molar-refractivity contribution in [3.8, 4) is 0 Å². The third kappa shape index (κ3) is 30.4. The first-order chi connectivity index (χ1) is 11.2. The van der Waals surface area contributed by atoms with E-state index in [4.69, 9.17) is 10.2 Å². The zero-order chi connectivity index (χ0) is 17.6. The molecule has 1 atom stereocenters. The lowest BCUT2D eigenvalue weighted by Gasteiger charge is -2.03. The second-order valence-electron chi connectivity index (χ2n) is 6.96. The summed E-state index contributed by atoms with van der Waals surface area (Å²) in [5.41, 5.74) is 0. The maximum atomic E-state index is 8.96. The average Bonchev–Trinajstić information content (AvgIpc) is 2.54. The van der Waals surface area contributed by atoms with Crippen LogP contribution >= 0.6 is 0 Å². The van der Waals surface area contributed by atoms with E-state index in [-0.39, 0.29) is 6.10 Å². The molecule has 0 amide bonds. The normalized spacial score (nSPS) is 11.9. The Morgan fingerprint density at radius 2 is 0.913 bits per heavy atom. The predicted molar refractivity (Wildman–Crippen MR) is 104 cm³/mol. The van der Waals surface area contributed by atoms with Gasteiger partial charge in [0, 0.05) is 6.61 Å². The van der Waals surface area contributed by atoms with Crippen molar-refractivity contribution in [2.45, 2.75) is 130 Å². The van der Waals surface area contributed by atoms with E-state index in [1.165, 1.54) is 77.0 Å². The molecule has 23 heavy (non-hydrogen) atoms. The Balaban J connectivity index is 0. The van der Waals surface area contributed by atoms with Gasteiger partial charge in [0.25, 0.3) is 0 Å². The van der Waals surface area contributed by atoms with Crippen molar-refractivity contribution < 1.29 is 10.2 Å². The molecule has 142 valence electrons. The van der Waals surface area contributed by atoms with Gasteiger partial charge in [-0.25, -0.2) is 0 Å². The minimum atomic E-state index is -0.137. The smallest absolute Gasteiger partial charge is 0.0512 e. The standard InChI is InChI=1S/C11H24.C10H22O2/c1-3-5-7-9-11-10-8-6-4-2;1-10(12)8-6-4-2-3-5-7-9-11/h3-11H2,1-2H3;10-12H,2-9H2,1H3. The number of hydrogen-bond acceptors (Lipinski definition) is 2. The van der Waals surface area contributed by atoms with Crippen LogP contribution in [0.15, 0.2) is 0 Å². The van der Waals surface area contributed by atoms with Crippen molar-refractivity contribution in [2.24, 2.45) is 0 Å². The Bertz CT molecular complexity index is 173. The van der Waals surface area contributed by atoms with Crippen molar-refractivity contribution in [2.75, 3.05) is 6.61 Å².